The van der Waals surface area contributed by atoms with Gasteiger partial charge in [0.2, 0.25) is 0 Å². The number of hydrogen-bond donors (Lipinski definition) is 2. The maximum atomic E-state index is 6.01. The van der Waals surface area contributed by atoms with Crippen molar-refractivity contribution in [3.63, 3.8) is 0 Å². The number of aromatic nitrogens is 2. The molecule has 0 spiro atoms. The maximum Gasteiger partial charge on any atom is 0.108 e. The van der Waals surface area contributed by atoms with Crippen LogP contribution in [0.15, 0.2) is 24.4 Å². The van der Waals surface area contributed by atoms with Gasteiger partial charge in [0.05, 0.1) is 11.9 Å². The fraction of sp³-hybridized carbons (Fsp3) is 0.400. The van der Waals surface area contributed by atoms with E-state index in [1.54, 1.807) is 0 Å². The molecule has 2 rings (SSSR count). The lowest BCUT2D eigenvalue weighted by Gasteiger charge is -2.16. The number of nitrogens with zero attached hydrogens (tertiary/aromatic N) is 1. The molecule has 3 heteroatoms. The average Bonchev–Trinajstić information content (AvgIpc) is 2.63. The van der Waals surface area contributed by atoms with Gasteiger partial charge in [0.25, 0.3) is 0 Å². The van der Waals surface area contributed by atoms with Crippen LogP contribution in [0.2, 0.25) is 0 Å². The van der Waals surface area contributed by atoms with E-state index in [0.29, 0.717) is 0 Å². The molecule has 0 saturated carbocycles. The summed E-state index contributed by atoms with van der Waals surface area (Å²) in [6, 6.07) is 6.44. The van der Waals surface area contributed by atoms with Crippen LogP contribution in [-0.2, 0) is 6.42 Å². The Morgan fingerprint density at radius 2 is 2.00 bits per heavy atom. The van der Waals surface area contributed by atoms with Gasteiger partial charge in [0.1, 0.15) is 5.82 Å². The molecule has 0 aliphatic carbocycles. The smallest absolute Gasteiger partial charge is 0.108 e. The summed E-state index contributed by atoms with van der Waals surface area (Å²) in [6.45, 7) is 8.24. The number of benzene rings is 1. The standard InChI is InChI=1S/C15H21N3/c1-10-5-6-12(11(2)7-10)13-9-17-14(18-13)8-15(3,4)16/h5-7,9H,8,16H2,1-4H3,(H,17,18). The van der Waals surface area contributed by atoms with Gasteiger partial charge in [-0.05, 0) is 33.3 Å². The highest BCUT2D eigenvalue weighted by Crippen LogP contribution is 2.23. The first-order valence-electron chi connectivity index (χ1n) is 6.25. The normalized spacial score (nSPS) is 11.8. The number of nitrogens with two attached hydrogens (primary N) is 1. The molecule has 1 aromatic heterocycles. The highest BCUT2D eigenvalue weighted by atomic mass is 14.9. The first kappa shape index (κ1) is 12.8. The second-order valence-electron chi connectivity index (χ2n) is 5.73. The number of H-pyrrole nitrogens is 1. The average molecular weight is 243 g/mol. The summed E-state index contributed by atoms with van der Waals surface area (Å²) >= 11 is 0. The molecule has 1 aromatic carbocycles. The van der Waals surface area contributed by atoms with Crippen LogP contribution in [0, 0.1) is 13.8 Å². The molecule has 96 valence electrons. The molecule has 0 aliphatic rings. The number of nitrogens with one attached hydrogen (secondary N) is 1. The molecule has 0 amide bonds. The topological polar surface area (TPSA) is 54.7 Å². The van der Waals surface area contributed by atoms with E-state index < -0.39 is 0 Å². The second-order valence-corrected chi connectivity index (χ2v) is 5.73. The molecular formula is C15H21N3. The van der Waals surface area contributed by atoms with Crippen LogP contribution >= 0.6 is 0 Å². The summed E-state index contributed by atoms with van der Waals surface area (Å²) < 4.78 is 0. The van der Waals surface area contributed by atoms with E-state index in [1.165, 1.54) is 16.7 Å². The SMILES string of the molecule is Cc1ccc(-c2cnc(CC(C)(C)N)[nH]2)c(C)c1. The van der Waals surface area contributed by atoms with Crippen LogP contribution in [0.3, 0.4) is 0 Å². The van der Waals surface area contributed by atoms with Gasteiger partial charge in [-0.1, -0.05) is 23.8 Å². The van der Waals surface area contributed by atoms with Crippen LogP contribution in [0.1, 0.15) is 30.8 Å². The molecule has 0 unspecified atom stereocenters. The second kappa shape index (κ2) is 4.58. The zero-order chi connectivity index (χ0) is 13.3. The van der Waals surface area contributed by atoms with Crippen molar-refractivity contribution in [1.82, 2.24) is 9.97 Å². The van der Waals surface area contributed by atoms with Crippen LogP contribution in [0.4, 0.5) is 0 Å². The van der Waals surface area contributed by atoms with Crippen LogP contribution < -0.4 is 5.73 Å². The molecule has 3 N–H and O–H groups in total. The number of hydrogen-bond acceptors (Lipinski definition) is 2. The molecule has 1 heterocycles. The summed E-state index contributed by atoms with van der Waals surface area (Å²) in [4.78, 5) is 7.76. The highest BCUT2D eigenvalue weighted by Gasteiger charge is 2.14. The fourth-order valence-electron chi connectivity index (χ4n) is 2.14. The lowest BCUT2D eigenvalue weighted by Crippen LogP contribution is -2.34. The summed E-state index contributed by atoms with van der Waals surface area (Å²) in [6.07, 6.45) is 2.64. The van der Waals surface area contributed by atoms with Crippen molar-refractivity contribution in [3.8, 4) is 11.3 Å². The van der Waals surface area contributed by atoms with Gasteiger partial charge in [-0.15, -0.1) is 0 Å². The molecule has 18 heavy (non-hydrogen) atoms. The van der Waals surface area contributed by atoms with Crippen molar-refractivity contribution >= 4 is 0 Å². The summed E-state index contributed by atoms with van der Waals surface area (Å²) in [5.41, 5.74) is 10.6. The minimum absolute atomic E-state index is 0.239. The molecule has 0 fully saturated rings. The zero-order valence-electron chi connectivity index (χ0n) is 11.5. The van der Waals surface area contributed by atoms with Gasteiger partial charge in [0.15, 0.2) is 0 Å². The Hall–Kier alpha value is -1.61. The number of aryl methyl sites for hydroxylation is 2. The number of imidazole rings is 1. The van der Waals surface area contributed by atoms with E-state index in [2.05, 4.69) is 42.0 Å². The molecule has 3 nitrogen and oxygen atoms in total. The van der Waals surface area contributed by atoms with Gasteiger partial charge in [-0.25, -0.2) is 4.98 Å². The molecule has 2 aromatic rings. The Morgan fingerprint density at radius 3 is 2.61 bits per heavy atom. The van der Waals surface area contributed by atoms with Crippen molar-refractivity contribution in [2.75, 3.05) is 0 Å². The Bertz CT molecular complexity index is 547. The van der Waals surface area contributed by atoms with Gasteiger partial charge in [-0.3, -0.25) is 0 Å². The van der Waals surface area contributed by atoms with Crippen molar-refractivity contribution in [1.29, 1.82) is 0 Å². The summed E-state index contributed by atoms with van der Waals surface area (Å²) in [5.74, 6) is 0.942. The van der Waals surface area contributed by atoms with Gasteiger partial charge in [-0.2, -0.15) is 0 Å². The zero-order valence-corrected chi connectivity index (χ0v) is 11.5. The van der Waals surface area contributed by atoms with Crippen molar-refractivity contribution in [2.24, 2.45) is 5.73 Å². The van der Waals surface area contributed by atoms with Gasteiger partial charge < -0.3 is 10.7 Å². The van der Waals surface area contributed by atoms with Crippen molar-refractivity contribution in [2.45, 2.75) is 39.7 Å². The Kier molecular flexibility index (Phi) is 3.26. The summed E-state index contributed by atoms with van der Waals surface area (Å²) in [7, 11) is 0. The Labute approximate surface area is 108 Å². The fourth-order valence-corrected chi connectivity index (χ4v) is 2.14. The molecule has 0 aliphatic heterocycles. The Balaban J connectivity index is 2.29. The third-order valence-electron chi connectivity index (χ3n) is 2.92. The molecular weight excluding hydrogens is 222 g/mol. The number of rotatable bonds is 3. The van der Waals surface area contributed by atoms with Crippen LogP contribution in [0.5, 0.6) is 0 Å². The minimum atomic E-state index is -0.239. The predicted octanol–water partition coefficient (Wildman–Crippen LogP) is 2.97. The van der Waals surface area contributed by atoms with E-state index >= 15 is 0 Å². The van der Waals surface area contributed by atoms with Gasteiger partial charge in [0, 0.05) is 17.5 Å². The minimum Gasteiger partial charge on any atom is -0.342 e. The molecule has 0 saturated heterocycles. The van der Waals surface area contributed by atoms with Crippen molar-refractivity contribution < 1.29 is 0 Å². The molecule has 0 atom stereocenters. The predicted molar refractivity (Wildman–Crippen MR) is 75.5 cm³/mol. The van der Waals surface area contributed by atoms with E-state index in [1.807, 2.05) is 20.0 Å². The largest absolute Gasteiger partial charge is 0.342 e. The Morgan fingerprint density at radius 1 is 1.28 bits per heavy atom. The first-order valence-corrected chi connectivity index (χ1v) is 6.25. The maximum absolute atomic E-state index is 6.01. The van der Waals surface area contributed by atoms with E-state index in [9.17, 15) is 0 Å². The third-order valence-corrected chi connectivity index (χ3v) is 2.92. The van der Waals surface area contributed by atoms with Crippen LogP contribution in [0.25, 0.3) is 11.3 Å². The van der Waals surface area contributed by atoms with E-state index in [4.69, 9.17) is 5.73 Å². The monoisotopic (exact) mass is 243 g/mol. The molecule has 0 radical (unpaired) electrons. The van der Waals surface area contributed by atoms with Crippen LogP contribution in [-0.4, -0.2) is 15.5 Å². The van der Waals surface area contributed by atoms with E-state index in [-0.39, 0.29) is 5.54 Å². The lowest BCUT2D eigenvalue weighted by molar-refractivity contribution is 0.505. The summed E-state index contributed by atoms with van der Waals surface area (Å²) in [5, 5.41) is 0. The van der Waals surface area contributed by atoms with E-state index in [0.717, 1.165) is 17.9 Å². The highest BCUT2D eigenvalue weighted by molar-refractivity contribution is 5.63. The first-order chi connectivity index (χ1) is 8.35. The molecule has 0 bridgehead atoms. The third kappa shape index (κ3) is 2.99. The number of aromatic amines is 1. The quantitative estimate of drug-likeness (QED) is 0.870. The van der Waals surface area contributed by atoms with Crippen molar-refractivity contribution in [3.05, 3.63) is 41.3 Å². The van der Waals surface area contributed by atoms with Gasteiger partial charge >= 0.3 is 0 Å². The lowest BCUT2D eigenvalue weighted by atomic mass is 10.0.